The van der Waals surface area contributed by atoms with Crippen LogP contribution in [-0.2, 0) is 0 Å². The smallest absolute Gasteiger partial charge is 0.267 e. The summed E-state index contributed by atoms with van der Waals surface area (Å²) in [5.74, 6) is 0. The predicted molar refractivity (Wildman–Crippen MR) is 46.3 cm³/mol. The number of rotatable bonds is 1. The molecule has 1 heterocycles. The zero-order valence-corrected chi connectivity index (χ0v) is 8.03. The van der Waals surface area contributed by atoms with Crippen molar-refractivity contribution in [1.82, 2.24) is 4.98 Å². The standard InChI is InChI=1S/C6H4BrClF2N2/c7-4-3(6(9)10)2(11)1-12-5(4)8/h1,6H,11H2. The second-order valence-corrected chi connectivity index (χ2v) is 3.18. The molecular weight excluding hydrogens is 253 g/mol. The summed E-state index contributed by atoms with van der Waals surface area (Å²) in [4.78, 5) is 3.58. The van der Waals surface area contributed by atoms with Gasteiger partial charge in [0.1, 0.15) is 5.15 Å². The molecule has 6 heteroatoms. The summed E-state index contributed by atoms with van der Waals surface area (Å²) in [6.07, 6.45) is -1.55. The van der Waals surface area contributed by atoms with Crippen molar-refractivity contribution < 1.29 is 8.78 Å². The summed E-state index contributed by atoms with van der Waals surface area (Å²) in [6.45, 7) is 0. The van der Waals surface area contributed by atoms with Gasteiger partial charge in [0, 0.05) is 0 Å². The fraction of sp³-hybridized carbons (Fsp3) is 0.167. The molecule has 0 spiro atoms. The average molecular weight is 257 g/mol. The van der Waals surface area contributed by atoms with Gasteiger partial charge >= 0.3 is 0 Å². The summed E-state index contributed by atoms with van der Waals surface area (Å²) in [6, 6.07) is 0. The molecule has 0 radical (unpaired) electrons. The number of hydrogen-bond acceptors (Lipinski definition) is 2. The van der Waals surface area contributed by atoms with Crippen LogP contribution in [0.3, 0.4) is 0 Å². The van der Waals surface area contributed by atoms with E-state index >= 15 is 0 Å². The van der Waals surface area contributed by atoms with Crippen LogP contribution < -0.4 is 5.73 Å². The number of nitrogens with zero attached hydrogens (tertiary/aromatic N) is 1. The summed E-state index contributed by atoms with van der Waals surface area (Å²) in [7, 11) is 0. The minimum atomic E-state index is -2.65. The molecule has 0 amide bonds. The number of alkyl halides is 2. The second kappa shape index (κ2) is 3.53. The highest BCUT2D eigenvalue weighted by Crippen LogP contribution is 2.35. The molecular formula is C6H4BrClF2N2. The summed E-state index contributed by atoms with van der Waals surface area (Å²) < 4.78 is 24.6. The molecule has 1 aromatic heterocycles. The molecule has 66 valence electrons. The van der Waals surface area contributed by atoms with Gasteiger partial charge in [-0.2, -0.15) is 0 Å². The lowest BCUT2D eigenvalue weighted by Gasteiger charge is -2.06. The first-order valence-electron chi connectivity index (χ1n) is 2.91. The second-order valence-electron chi connectivity index (χ2n) is 2.03. The molecule has 1 aromatic rings. The summed E-state index contributed by atoms with van der Waals surface area (Å²) >= 11 is 8.36. The molecule has 0 aliphatic carbocycles. The largest absolute Gasteiger partial charge is 0.397 e. The number of hydrogen-bond donors (Lipinski definition) is 1. The van der Waals surface area contributed by atoms with Crippen molar-refractivity contribution in [3.8, 4) is 0 Å². The Morgan fingerprint density at radius 2 is 2.17 bits per heavy atom. The van der Waals surface area contributed by atoms with Gasteiger partial charge in [0.05, 0.1) is 21.9 Å². The van der Waals surface area contributed by atoms with Crippen LogP contribution in [0.15, 0.2) is 10.7 Å². The lowest BCUT2D eigenvalue weighted by molar-refractivity contribution is 0.151. The van der Waals surface area contributed by atoms with Crippen LogP contribution in [0, 0.1) is 0 Å². The van der Waals surface area contributed by atoms with Gasteiger partial charge in [-0.15, -0.1) is 0 Å². The normalized spacial score (nSPS) is 10.8. The molecule has 0 aliphatic rings. The first-order chi connectivity index (χ1) is 5.54. The Morgan fingerprint density at radius 1 is 1.58 bits per heavy atom. The monoisotopic (exact) mass is 256 g/mol. The van der Waals surface area contributed by atoms with Gasteiger partial charge in [0.2, 0.25) is 0 Å². The summed E-state index contributed by atoms with van der Waals surface area (Å²) in [5.41, 5.74) is 4.88. The molecule has 0 bridgehead atoms. The highest BCUT2D eigenvalue weighted by molar-refractivity contribution is 9.10. The molecule has 0 aromatic carbocycles. The van der Waals surface area contributed by atoms with Crippen molar-refractivity contribution in [2.24, 2.45) is 0 Å². The Hall–Kier alpha value is -0.420. The van der Waals surface area contributed by atoms with Crippen LogP contribution in [0.1, 0.15) is 12.0 Å². The molecule has 2 N–H and O–H groups in total. The maximum absolute atomic E-state index is 12.3. The Bertz CT molecular complexity index is 306. The molecule has 0 fully saturated rings. The third-order valence-corrected chi connectivity index (χ3v) is 2.58. The van der Waals surface area contributed by atoms with Gasteiger partial charge in [0.15, 0.2) is 0 Å². The quantitative estimate of drug-likeness (QED) is 0.786. The number of anilines is 1. The Balaban J connectivity index is 3.33. The van der Waals surface area contributed by atoms with E-state index in [1.54, 1.807) is 0 Å². The van der Waals surface area contributed by atoms with Crippen LogP contribution in [0.25, 0.3) is 0 Å². The van der Waals surface area contributed by atoms with Crippen molar-refractivity contribution in [2.45, 2.75) is 6.43 Å². The number of halogens is 4. The van der Waals surface area contributed by atoms with Crippen LogP contribution in [0.5, 0.6) is 0 Å². The zero-order valence-electron chi connectivity index (χ0n) is 5.69. The van der Waals surface area contributed by atoms with Gasteiger partial charge in [-0.1, -0.05) is 11.6 Å². The Kier molecular flexibility index (Phi) is 2.85. The van der Waals surface area contributed by atoms with E-state index in [0.29, 0.717) is 0 Å². The van der Waals surface area contributed by atoms with Gasteiger partial charge in [0.25, 0.3) is 6.43 Å². The van der Waals surface area contributed by atoms with Gasteiger partial charge in [-0.05, 0) is 15.9 Å². The Morgan fingerprint density at radius 3 is 2.58 bits per heavy atom. The van der Waals surface area contributed by atoms with Crippen LogP contribution in [0.4, 0.5) is 14.5 Å². The van der Waals surface area contributed by atoms with E-state index in [-0.39, 0.29) is 20.9 Å². The van der Waals surface area contributed by atoms with Crippen molar-refractivity contribution in [1.29, 1.82) is 0 Å². The molecule has 0 aliphatic heterocycles. The molecule has 0 saturated heterocycles. The van der Waals surface area contributed by atoms with Gasteiger partial charge < -0.3 is 5.73 Å². The minimum Gasteiger partial charge on any atom is -0.397 e. The number of nitrogens with two attached hydrogens (primary N) is 1. The molecule has 2 nitrogen and oxygen atoms in total. The highest BCUT2D eigenvalue weighted by Gasteiger charge is 2.18. The fourth-order valence-electron chi connectivity index (χ4n) is 0.712. The Labute approximate surface area is 80.9 Å². The predicted octanol–water partition coefficient (Wildman–Crippen LogP) is 3.02. The lowest BCUT2D eigenvalue weighted by Crippen LogP contribution is -1.98. The van der Waals surface area contributed by atoms with E-state index in [9.17, 15) is 8.78 Å². The number of aromatic nitrogens is 1. The van der Waals surface area contributed by atoms with Gasteiger partial charge in [-0.25, -0.2) is 13.8 Å². The lowest BCUT2D eigenvalue weighted by atomic mass is 10.2. The zero-order chi connectivity index (χ0) is 9.30. The summed E-state index contributed by atoms with van der Waals surface area (Å²) in [5, 5.41) is -0.0144. The van der Waals surface area contributed by atoms with Crippen molar-refractivity contribution in [3.63, 3.8) is 0 Å². The van der Waals surface area contributed by atoms with E-state index in [1.807, 2.05) is 0 Å². The maximum Gasteiger partial charge on any atom is 0.267 e. The molecule has 0 unspecified atom stereocenters. The first kappa shape index (κ1) is 9.67. The van der Waals surface area contributed by atoms with E-state index in [2.05, 4.69) is 20.9 Å². The third kappa shape index (κ3) is 1.67. The van der Waals surface area contributed by atoms with Crippen molar-refractivity contribution in [3.05, 3.63) is 21.4 Å². The fourth-order valence-corrected chi connectivity index (χ4v) is 1.37. The van der Waals surface area contributed by atoms with Crippen LogP contribution >= 0.6 is 27.5 Å². The third-order valence-electron chi connectivity index (χ3n) is 1.26. The minimum absolute atomic E-state index is 0.0144. The topological polar surface area (TPSA) is 38.9 Å². The number of nitrogen functional groups attached to an aromatic ring is 1. The number of pyridine rings is 1. The first-order valence-corrected chi connectivity index (χ1v) is 4.08. The average Bonchev–Trinajstić information content (AvgIpc) is 1.97. The van der Waals surface area contributed by atoms with Gasteiger partial charge in [-0.3, -0.25) is 0 Å². The molecule has 1 rings (SSSR count). The van der Waals surface area contributed by atoms with Crippen LogP contribution in [0.2, 0.25) is 5.15 Å². The van der Waals surface area contributed by atoms with Crippen molar-refractivity contribution in [2.75, 3.05) is 5.73 Å². The van der Waals surface area contributed by atoms with Crippen molar-refractivity contribution >= 4 is 33.2 Å². The van der Waals surface area contributed by atoms with E-state index in [1.165, 1.54) is 0 Å². The molecule has 0 atom stereocenters. The van der Waals surface area contributed by atoms with Crippen LogP contribution in [-0.4, -0.2) is 4.98 Å². The SMILES string of the molecule is Nc1cnc(Cl)c(Br)c1C(F)F. The molecule has 12 heavy (non-hydrogen) atoms. The van der Waals surface area contributed by atoms with E-state index < -0.39 is 6.43 Å². The highest BCUT2D eigenvalue weighted by atomic mass is 79.9. The molecule has 0 saturated carbocycles. The maximum atomic E-state index is 12.3. The van der Waals surface area contributed by atoms with E-state index in [0.717, 1.165) is 6.20 Å². The van der Waals surface area contributed by atoms with E-state index in [4.69, 9.17) is 17.3 Å².